The molecule has 0 aliphatic carbocycles. The number of aryl methyl sites for hydroxylation is 1. The molecule has 0 aromatic heterocycles. The van der Waals surface area contributed by atoms with Crippen molar-refractivity contribution in [1.29, 1.82) is 0 Å². The topological polar surface area (TPSA) is 15.3 Å². The van der Waals surface area contributed by atoms with Crippen LogP contribution in [0.15, 0.2) is 18.2 Å². The number of rotatable bonds is 7. The summed E-state index contributed by atoms with van der Waals surface area (Å²) in [5, 5.41) is 3.38. The van der Waals surface area contributed by atoms with Gasteiger partial charge >= 0.3 is 0 Å². The lowest BCUT2D eigenvalue weighted by molar-refractivity contribution is 0.570. The van der Waals surface area contributed by atoms with Gasteiger partial charge in [0.1, 0.15) is 0 Å². The quantitative estimate of drug-likeness (QED) is 0.799. The molecule has 0 atom stereocenters. The van der Waals surface area contributed by atoms with Gasteiger partial charge in [0.25, 0.3) is 0 Å². The highest BCUT2D eigenvalue weighted by Crippen LogP contribution is 2.24. The second-order valence-corrected chi connectivity index (χ2v) is 6.04. The van der Waals surface area contributed by atoms with Crippen LogP contribution in [0.4, 0.5) is 5.69 Å². The molecule has 108 valence electrons. The Bertz CT molecular complexity index is 383. The lowest BCUT2D eigenvalue weighted by Crippen LogP contribution is -2.34. The summed E-state index contributed by atoms with van der Waals surface area (Å²) < 4.78 is 0. The highest BCUT2D eigenvalue weighted by Gasteiger charge is 2.14. The van der Waals surface area contributed by atoms with E-state index in [0.717, 1.165) is 19.6 Å². The Hall–Kier alpha value is -1.02. The molecule has 1 aromatic carbocycles. The first-order chi connectivity index (χ1) is 8.95. The van der Waals surface area contributed by atoms with E-state index in [1.54, 1.807) is 0 Å². The number of nitrogens with one attached hydrogen (secondary N) is 1. The third kappa shape index (κ3) is 4.87. The second-order valence-electron chi connectivity index (χ2n) is 6.04. The first-order valence-corrected chi connectivity index (χ1v) is 7.52. The fraction of sp³-hybridized carbons (Fsp3) is 0.647. The van der Waals surface area contributed by atoms with Crippen LogP contribution in [-0.4, -0.2) is 19.1 Å². The monoisotopic (exact) mass is 262 g/mol. The standard InChI is InChI=1S/C17H30N2/c1-7-18-11-16-8-9-17(15(6)10-16)19(14(4)5)12-13(2)3/h8-10,13-14,18H,7,11-12H2,1-6H3. The van der Waals surface area contributed by atoms with Crippen LogP contribution in [0.2, 0.25) is 0 Å². The van der Waals surface area contributed by atoms with Gasteiger partial charge in [0.2, 0.25) is 0 Å². The number of benzene rings is 1. The van der Waals surface area contributed by atoms with Gasteiger partial charge in [-0.1, -0.05) is 32.9 Å². The van der Waals surface area contributed by atoms with E-state index in [2.05, 4.69) is 70.0 Å². The molecule has 0 radical (unpaired) electrons. The van der Waals surface area contributed by atoms with E-state index in [1.807, 2.05) is 0 Å². The maximum Gasteiger partial charge on any atom is 0.0398 e. The van der Waals surface area contributed by atoms with Crippen molar-refractivity contribution in [2.24, 2.45) is 5.92 Å². The smallest absolute Gasteiger partial charge is 0.0398 e. The Balaban J connectivity index is 2.91. The maximum absolute atomic E-state index is 3.38. The Kier molecular flexibility index (Phi) is 6.36. The van der Waals surface area contributed by atoms with Gasteiger partial charge in [-0.15, -0.1) is 0 Å². The van der Waals surface area contributed by atoms with E-state index >= 15 is 0 Å². The molecule has 0 heterocycles. The molecule has 0 saturated carbocycles. The molecule has 19 heavy (non-hydrogen) atoms. The highest BCUT2D eigenvalue weighted by atomic mass is 15.2. The minimum absolute atomic E-state index is 0.542. The van der Waals surface area contributed by atoms with Gasteiger partial charge in [0.05, 0.1) is 0 Å². The third-order valence-corrected chi connectivity index (χ3v) is 3.33. The van der Waals surface area contributed by atoms with Crippen molar-refractivity contribution in [2.45, 2.75) is 54.1 Å². The van der Waals surface area contributed by atoms with E-state index in [0.29, 0.717) is 12.0 Å². The van der Waals surface area contributed by atoms with Crippen LogP contribution in [-0.2, 0) is 6.54 Å². The van der Waals surface area contributed by atoms with Crippen LogP contribution in [0.25, 0.3) is 0 Å². The Morgan fingerprint density at radius 2 is 1.84 bits per heavy atom. The Morgan fingerprint density at radius 1 is 1.16 bits per heavy atom. The molecule has 0 aliphatic rings. The number of hydrogen-bond acceptors (Lipinski definition) is 2. The molecule has 0 saturated heterocycles. The van der Waals surface area contributed by atoms with Crippen LogP contribution < -0.4 is 10.2 Å². The van der Waals surface area contributed by atoms with Gasteiger partial charge < -0.3 is 10.2 Å². The Labute approximate surface area is 119 Å². The molecule has 0 amide bonds. The fourth-order valence-corrected chi connectivity index (χ4v) is 2.40. The molecular weight excluding hydrogens is 232 g/mol. The van der Waals surface area contributed by atoms with Gasteiger partial charge in [-0.2, -0.15) is 0 Å². The number of nitrogens with zero attached hydrogens (tertiary/aromatic N) is 1. The molecule has 0 fully saturated rings. The maximum atomic E-state index is 3.38. The molecule has 0 bridgehead atoms. The Morgan fingerprint density at radius 3 is 2.32 bits per heavy atom. The molecule has 0 aliphatic heterocycles. The molecule has 1 rings (SSSR count). The van der Waals surface area contributed by atoms with Gasteiger partial charge in [0, 0.05) is 24.8 Å². The summed E-state index contributed by atoms with van der Waals surface area (Å²) in [4.78, 5) is 2.51. The van der Waals surface area contributed by atoms with Gasteiger partial charge in [-0.25, -0.2) is 0 Å². The van der Waals surface area contributed by atoms with Crippen molar-refractivity contribution >= 4 is 5.69 Å². The molecule has 0 spiro atoms. The van der Waals surface area contributed by atoms with Crippen molar-refractivity contribution in [3.63, 3.8) is 0 Å². The zero-order valence-electron chi connectivity index (χ0n) is 13.5. The van der Waals surface area contributed by atoms with Crippen molar-refractivity contribution in [3.05, 3.63) is 29.3 Å². The summed E-state index contributed by atoms with van der Waals surface area (Å²) in [5.74, 6) is 0.684. The summed E-state index contributed by atoms with van der Waals surface area (Å²) in [6.07, 6.45) is 0. The van der Waals surface area contributed by atoms with Gasteiger partial charge in [-0.3, -0.25) is 0 Å². The first-order valence-electron chi connectivity index (χ1n) is 7.52. The molecule has 1 aromatic rings. The van der Waals surface area contributed by atoms with E-state index in [1.165, 1.54) is 16.8 Å². The first kappa shape index (κ1) is 16.0. The SMILES string of the molecule is CCNCc1ccc(N(CC(C)C)C(C)C)c(C)c1. The van der Waals surface area contributed by atoms with E-state index in [-0.39, 0.29) is 0 Å². The second kappa shape index (κ2) is 7.54. The van der Waals surface area contributed by atoms with Gasteiger partial charge in [-0.05, 0) is 50.4 Å². The predicted octanol–water partition coefficient (Wildman–Crippen LogP) is 3.98. The molecule has 2 nitrogen and oxygen atoms in total. The van der Waals surface area contributed by atoms with E-state index < -0.39 is 0 Å². The molecule has 1 N–H and O–H groups in total. The molecular formula is C17H30N2. The van der Waals surface area contributed by atoms with Crippen molar-refractivity contribution in [3.8, 4) is 0 Å². The van der Waals surface area contributed by atoms with Crippen LogP contribution in [0.3, 0.4) is 0 Å². The summed E-state index contributed by atoms with van der Waals surface area (Å²) >= 11 is 0. The minimum atomic E-state index is 0.542. The van der Waals surface area contributed by atoms with Crippen LogP contribution in [0.1, 0.15) is 45.7 Å². The summed E-state index contributed by atoms with van der Waals surface area (Å²) in [5.41, 5.74) is 4.13. The number of hydrogen-bond donors (Lipinski definition) is 1. The summed E-state index contributed by atoms with van der Waals surface area (Å²) in [7, 11) is 0. The summed E-state index contributed by atoms with van der Waals surface area (Å²) in [6.45, 7) is 16.6. The van der Waals surface area contributed by atoms with Crippen LogP contribution >= 0.6 is 0 Å². The van der Waals surface area contributed by atoms with Gasteiger partial charge in [0.15, 0.2) is 0 Å². The lowest BCUT2D eigenvalue weighted by atomic mass is 10.1. The zero-order valence-corrected chi connectivity index (χ0v) is 13.5. The zero-order chi connectivity index (χ0) is 14.4. The summed E-state index contributed by atoms with van der Waals surface area (Å²) in [6, 6.07) is 7.39. The minimum Gasteiger partial charge on any atom is -0.369 e. The number of anilines is 1. The average molecular weight is 262 g/mol. The van der Waals surface area contributed by atoms with Crippen molar-refractivity contribution in [2.75, 3.05) is 18.0 Å². The normalized spacial score (nSPS) is 11.4. The highest BCUT2D eigenvalue weighted by molar-refractivity contribution is 5.55. The van der Waals surface area contributed by atoms with Crippen LogP contribution in [0.5, 0.6) is 0 Å². The third-order valence-electron chi connectivity index (χ3n) is 3.33. The van der Waals surface area contributed by atoms with Crippen molar-refractivity contribution < 1.29 is 0 Å². The van der Waals surface area contributed by atoms with Crippen molar-refractivity contribution in [1.82, 2.24) is 5.32 Å². The van der Waals surface area contributed by atoms with Crippen LogP contribution in [0, 0.1) is 12.8 Å². The molecule has 0 unspecified atom stereocenters. The molecule has 2 heteroatoms. The fourth-order valence-electron chi connectivity index (χ4n) is 2.40. The van der Waals surface area contributed by atoms with E-state index in [9.17, 15) is 0 Å². The van der Waals surface area contributed by atoms with E-state index in [4.69, 9.17) is 0 Å². The largest absolute Gasteiger partial charge is 0.369 e. The lowest BCUT2D eigenvalue weighted by Gasteiger charge is -2.32. The average Bonchev–Trinajstić information content (AvgIpc) is 2.33. The predicted molar refractivity (Wildman–Crippen MR) is 85.9 cm³/mol.